The number of aryl methyl sites for hydroxylation is 1. The standard InChI is InChI=1S/C24H32N6O6/c1-4-13-29-21-19(22(32)30(14-5-2)24(29)34)27-20(28-21)16-7-9-17(10-8-16)36-15-18(31)25-11-12-26-23(33)35-6-3/h7-10H,4-6,11-15H2,1-3H3,(H,25,31)(H,26,33)(H,27,28). The number of H-pyrrole nitrogens is 1. The van der Waals surface area contributed by atoms with Gasteiger partial charge in [-0.05, 0) is 44.0 Å². The van der Waals surface area contributed by atoms with Gasteiger partial charge < -0.3 is 25.1 Å². The third-order valence-corrected chi connectivity index (χ3v) is 5.25. The lowest BCUT2D eigenvalue weighted by Crippen LogP contribution is -2.40. The van der Waals surface area contributed by atoms with Crippen LogP contribution in [0, 0.1) is 0 Å². The van der Waals surface area contributed by atoms with Crippen molar-refractivity contribution >= 4 is 23.2 Å². The molecule has 2 amide bonds. The fourth-order valence-corrected chi connectivity index (χ4v) is 3.61. The van der Waals surface area contributed by atoms with E-state index in [0.29, 0.717) is 47.8 Å². The van der Waals surface area contributed by atoms with Crippen molar-refractivity contribution in [2.75, 3.05) is 26.3 Å². The number of hydrogen-bond donors (Lipinski definition) is 3. The Balaban J connectivity index is 1.67. The number of imidazole rings is 1. The average molecular weight is 501 g/mol. The molecule has 0 saturated carbocycles. The first kappa shape index (κ1) is 26.5. The van der Waals surface area contributed by atoms with Crippen LogP contribution < -0.4 is 26.6 Å². The molecule has 0 atom stereocenters. The Morgan fingerprint density at radius 2 is 1.64 bits per heavy atom. The summed E-state index contributed by atoms with van der Waals surface area (Å²) >= 11 is 0. The second kappa shape index (κ2) is 12.6. The van der Waals surface area contributed by atoms with E-state index in [9.17, 15) is 19.2 Å². The highest BCUT2D eigenvalue weighted by molar-refractivity contribution is 5.78. The van der Waals surface area contributed by atoms with Crippen molar-refractivity contribution in [2.45, 2.75) is 46.7 Å². The summed E-state index contributed by atoms with van der Waals surface area (Å²) in [6, 6.07) is 6.88. The molecule has 0 fully saturated rings. The van der Waals surface area contributed by atoms with Gasteiger partial charge in [0, 0.05) is 31.7 Å². The third kappa shape index (κ3) is 6.32. The maximum absolute atomic E-state index is 12.9. The van der Waals surface area contributed by atoms with E-state index < -0.39 is 6.09 Å². The van der Waals surface area contributed by atoms with Crippen LogP contribution in [0.25, 0.3) is 22.6 Å². The summed E-state index contributed by atoms with van der Waals surface area (Å²) in [6.45, 7) is 6.95. The molecular weight excluding hydrogens is 468 g/mol. The molecule has 0 radical (unpaired) electrons. The number of hydrogen-bond acceptors (Lipinski definition) is 7. The smallest absolute Gasteiger partial charge is 0.407 e. The van der Waals surface area contributed by atoms with Crippen LogP contribution in [0.1, 0.15) is 33.6 Å². The summed E-state index contributed by atoms with van der Waals surface area (Å²) in [5.41, 5.74) is 0.592. The highest BCUT2D eigenvalue weighted by Gasteiger charge is 2.17. The Morgan fingerprint density at radius 3 is 2.31 bits per heavy atom. The van der Waals surface area contributed by atoms with E-state index in [0.717, 1.165) is 6.42 Å². The third-order valence-electron chi connectivity index (χ3n) is 5.25. The summed E-state index contributed by atoms with van der Waals surface area (Å²) in [6.07, 6.45) is 0.855. The molecule has 12 heteroatoms. The summed E-state index contributed by atoms with van der Waals surface area (Å²) in [4.78, 5) is 56.5. The van der Waals surface area contributed by atoms with E-state index in [4.69, 9.17) is 9.47 Å². The zero-order chi connectivity index (χ0) is 26.1. The average Bonchev–Trinajstić information content (AvgIpc) is 3.32. The SMILES string of the molecule is CCCn1c(=O)c2[nH]c(-c3ccc(OCC(=O)NCCNC(=O)OCC)cc3)nc2n(CCC)c1=O. The van der Waals surface area contributed by atoms with E-state index in [1.807, 2.05) is 13.8 Å². The summed E-state index contributed by atoms with van der Waals surface area (Å²) < 4.78 is 13.0. The van der Waals surface area contributed by atoms with Crippen LogP contribution in [0.15, 0.2) is 33.9 Å². The Hall–Kier alpha value is -4.09. The molecule has 2 heterocycles. The first-order valence-electron chi connectivity index (χ1n) is 12.0. The molecule has 0 spiro atoms. The highest BCUT2D eigenvalue weighted by Crippen LogP contribution is 2.21. The zero-order valence-electron chi connectivity index (χ0n) is 20.8. The quantitative estimate of drug-likeness (QED) is 0.320. The molecule has 3 rings (SSSR count). The molecule has 0 aliphatic heterocycles. The van der Waals surface area contributed by atoms with E-state index in [-0.39, 0.29) is 43.5 Å². The lowest BCUT2D eigenvalue weighted by atomic mass is 10.2. The normalized spacial score (nSPS) is 10.9. The number of nitrogens with zero attached hydrogens (tertiary/aromatic N) is 3. The van der Waals surface area contributed by atoms with Crippen LogP contribution in [-0.4, -0.2) is 57.4 Å². The van der Waals surface area contributed by atoms with Crippen LogP contribution in [0.5, 0.6) is 5.75 Å². The van der Waals surface area contributed by atoms with Crippen molar-refractivity contribution in [3.05, 3.63) is 45.1 Å². The molecule has 12 nitrogen and oxygen atoms in total. The number of nitrogens with one attached hydrogen (secondary N) is 3. The summed E-state index contributed by atoms with van der Waals surface area (Å²) in [7, 11) is 0. The number of aromatic nitrogens is 4. The van der Waals surface area contributed by atoms with Gasteiger partial charge in [0.1, 0.15) is 17.1 Å². The van der Waals surface area contributed by atoms with Gasteiger partial charge in [-0.2, -0.15) is 0 Å². The number of carbonyl (C=O) groups is 2. The number of rotatable bonds is 12. The molecule has 2 aromatic heterocycles. The predicted octanol–water partition coefficient (Wildman–Crippen LogP) is 1.61. The van der Waals surface area contributed by atoms with Gasteiger partial charge in [0.05, 0.1) is 6.61 Å². The molecular formula is C24H32N6O6. The molecule has 0 aliphatic carbocycles. The summed E-state index contributed by atoms with van der Waals surface area (Å²) in [5, 5.41) is 5.14. The molecule has 3 aromatic rings. The topological polar surface area (TPSA) is 149 Å². The van der Waals surface area contributed by atoms with Crippen molar-refractivity contribution in [3.8, 4) is 17.1 Å². The summed E-state index contributed by atoms with van der Waals surface area (Å²) in [5.74, 6) is 0.598. The minimum Gasteiger partial charge on any atom is -0.484 e. The first-order valence-corrected chi connectivity index (χ1v) is 12.0. The fourth-order valence-electron chi connectivity index (χ4n) is 3.61. The zero-order valence-corrected chi connectivity index (χ0v) is 20.8. The van der Waals surface area contributed by atoms with Crippen LogP contribution in [0.4, 0.5) is 4.79 Å². The monoisotopic (exact) mass is 500 g/mol. The second-order valence-electron chi connectivity index (χ2n) is 7.99. The molecule has 1 aromatic carbocycles. The van der Waals surface area contributed by atoms with Gasteiger partial charge in [0.15, 0.2) is 12.3 Å². The number of ether oxygens (including phenoxy) is 2. The molecule has 36 heavy (non-hydrogen) atoms. The van der Waals surface area contributed by atoms with Crippen LogP contribution in [0.3, 0.4) is 0 Å². The van der Waals surface area contributed by atoms with Crippen LogP contribution >= 0.6 is 0 Å². The van der Waals surface area contributed by atoms with Gasteiger partial charge in [-0.1, -0.05) is 13.8 Å². The van der Waals surface area contributed by atoms with Gasteiger partial charge in [0.2, 0.25) is 0 Å². The van der Waals surface area contributed by atoms with Gasteiger partial charge >= 0.3 is 11.8 Å². The van der Waals surface area contributed by atoms with Gasteiger partial charge in [-0.25, -0.2) is 14.6 Å². The van der Waals surface area contributed by atoms with Crippen LogP contribution in [-0.2, 0) is 22.6 Å². The van der Waals surface area contributed by atoms with Crippen LogP contribution in [0.2, 0.25) is 0 Å². The maximum Gasteiger partial charge on any atom is 0.407 e. The largest absolute Gasteiger partial charge is 0.484 e. The Morgan fingerprint density at radius 1 is 0.972 bits per heavy atom. The van der Waals surface area contributed by atoms with Crippen molar-refractivity contribution in [3.63, 3.8) is 0 Å². The number of benzene rings is 1. The Kier molecular flexibility index (Phi) is 9.25. The van der Waals surface area contributed by atoms with Crippen molar-refractivity contribution in [1.29, 1.82) is 0 Å². The van der Waals surface area contributed by atoms with Gasteiger partial charge in [0.25, 0.3) is 11.5 Å². The number of alkyl carbamates (subject to hydrolysis) is 1. The minimum atomic E-state index is -0.534. The van der Waals surface area contributed by atoms with Gasteiger partial charge in [-0.15, -0.1) is 0 Å². The molecule has 3 N–H and O–H groups in total. The van der Waals surface area contributed by atoms with Crippen molar-refractivity contribution < 1.29 is 19.1 Å². The van der Waals surface area contributed by atoms with E-state index in [1.165, 1.54) is 9.13 Å². The number of carbonyl (C=O) groups excluding carboxylic acids is 2. The lowest BCUT2D eigenvalue weighted by Gasteiger charge is -2.09. The number of amides is 2. The maximum atomic E-state index is 12.9. The Bertz CT molecular complexity index is 1310. The van der Waals surface area contributed by atoms with Crippen molar-refractivity contribution in [1.82, 2.24) is 29.7 Å². The molecule has 0 saturated heterocycles. The molecule has 194 valence electrons. The highest BCUT2D eigenvalue weighted by atomic mass is 16.5. The Labute approximate surface area is 207 Å². The van der Waals surface area contributed by atoms with E-state index in [2.05, 4.69) is 20.6 Å². The molecule has 0 bridgehead atoms. The van der Waals surface area contributed by atoms with Crippen molar-refractivity contribution in [2.24, 2.45) is 0 Å². The molecule has 0 aliphatic rings. The van der Waals surface area contributed by atoms with E-state index >= 15 is 0 Å². The lowest BCUT2D eigenvalue weighted by molar-refractivity contribution is -0.123. The molecule has 0 unspecified atom stereocenters. The fraction of sp³-hybridized carbons (Fsp3) is 0.458. The number of aromatic amines is 1. The van der Waals surface area contributed by atoms with Gasteiger partial charge in [-0.3, -0.25) is 18.7 Å². The van der Waals surface area contributed by atoms with E-state index in [1.54, 1.807) is 31.2 Å². The minimum absolute atomic E-state index is 0.191. The number of fused-ring (bicyclic) bond motifs is 1. The first-order chi connectivity index (χ1) is 17.4. The predicted molar refractivity (Wildman–Crippen MR) is 134 cm³/mol. The second-order valence-corrected chi connectivity index (χ2v) is 7.99.